The fraction of sp³-hybridized carbons (Fsp3) is 0.190. The highest BCUT2D eigenvalue weighted by atomic mass is 32.2. The number of carbonyl (C=O) groups excluding carboxylic acids is 1. The first-order valence-electron chi connectivity index (χ1n) is 8.95. The van der Waals surface area contributed by atoms with Crippen molar-refractivity contribution in [3.63, 3.8) is 0 Å². The Hall–Kier alpha value is -3.26. The molecule has 148 valence electrons. The van der Waals surface area contributed by atoms with Gasteiger partial charge in [-0.05, 0) is 21.9 Å². The van der Waals surface area contributed by atoms with E-state index in [9.17, 15) is 19.5 Å². The van der Waals surface area contributed by atoms with Gasteiger partial charge in [0.1, 0.15) is 11.1 Å². The molecule has 3 aromatic rings. The second-order valence-corrected chi connectivity index (χ2v) is 7.66. The normalized spacial score (nSPS) is 15.1. The van der Waals surface area contributed by atoms with Gasteiger partial charge in [-0.25, -0.2) is 9.59 Å². The predicted octanol–water partition coefficient (Wildman–Crippen LogP) is 3.50. The third-order valence-electron chi connectivity index (χ3n) is 4.94. The van der Waals surface area contributed by atoms with Crippen LogP contribution in [0.1, 0.15) is 17.2 Å². The zero-order valence-electron chi connectivity index (χ0n) is 15.5. The van der Waals surface area contributed by atoms with Gasteiger partial charge >= 0.3 is 12.1 Å². The zero-order chi connectivity index (χ0) is 20.5. The number of nitrogens with one attached hydrogen (secondary N) is 1. The lowest BCUT2D eigenvalue weighted by Gasteiger charge is -2.17. The Balaban J connectivity index is 1.87. The molecule has 0 fully saturated rings. The molecule has 0 saturated carbocycles. The van der Waals surface area contributed by atoms with Crippen LogP contribution < -0.4 is 10.9 Å². The molecule has 2 heterocycles. The van der Waals surface area contributed by atoms with Crippen molar-refractivity contribution in [2.24, 2.45) is 0 Å². The SMILES string of the molecule is COC(=O)Nc1c(Cc2cccc3ccccc23)cc(=O)n2c1SC[C@H]2C(=O)O. The van der Waals surface area contributed by atoms with E-state index >= 15 is 0 Å². The fourth-order valence-electron chi connectivity index (χ4n) is 3.58. The second kappa shape index (κ2) is 7.63. The van der Waals surface area contributed by atoms with Crippen LogP contribution in [0, 0.1) is 0 Å². The van der Waals surface area contributed by atoms with Crippen molar-refractivity contribution in [1.29, 1.82) is 0 Å². The third-order valence-corrected chi connectivity index (χ3v) is 6.09. The van der Waals surface area contributed by atoms with Gasteiger partial charge in [-0.15, -0.1) is 11.8 Å². The van der Waals surface area contributed by atoms with Gasteiger partial charge in [0.15, 0.2) is 0 Å². The minimum Gasteiger partial charge on any atom is -0.480 e. The van der Waals surface area contributed by atoms with Crippen molar-refractivity contribution in [2.45, 2.75) is 17.5 Å². The topological polar surface area (TPSA) is 97.6 Å². The summed E-state index contributed by atoms with van der Waals surface area (Å²) >= 11 is 1.24. The molecule has 1 aliphatic rings. The van der Waals surface area contributed by atoms with Crippen molar-refractivity contribution in [3.8, 4) is 0 Å². The fourth-order valence-corrected chi connectivity index (χ4v) is 4.87. The Bertz CT molecular complexity index is 1180. The van der Waals surface area contributed by atoms with Gasteiger partial charge < -0.3 is 9.84 Å². The van der Waals surface area contributed by atoms with Crippen LogP contribution in [0.4, 0.5) is 10.5 Å². The van der Waals surface area contributed by atoms with E-state index in [0.717, 1.165) is 16.3 Å². The number of hydrogen-bond acceptors (Lipinski definition) is 5. The number of carbonyl (C=O) groups is 2. The molecule has 1 aliphatic heterocycles. The molecule has 2 aromatic carbocycles. The van der Waals surface area contributed by atoms with Gasteiger partial charge in [-0.2, -0.15) is 0 Å². The monoisotopic (exact) mass is 410 g/mol. The first kappa shape index (κ1) is 19.1. The van der Waals surface area contributed by atoms with Gasteiger partial charge in [0, 0.05) is 18.2 Å². The molecule has 0 spiro atoms. The van der Waals surface area contributed by atoms with Crippen LogP contribution in [0.5, 0.6) is 0 Å². The maximum absolute atomic E-state index is 12.8. The smallest absolute Gasteiger partial charge is 0.411 e. The van der Waals surface area contributed by atoms with Crippen molar-refractivity contribution in [1.82, 2.24) is 4.57 Å². The number of amides is 1. The molecule has 0 radical (unpaired) electrons. The highest BCUT2D eigenvalue weighted by Gasteiger charge is 2.33. The Morgan fingerprint density at radius 2 is 1.97 bits per heavy atom. The number of aromatic nitrogens is 1. The summed E-state index contributed by atoms with van der Waals surface area (Å²) in [6, 6.07) is 14.3. The van der Waals surface area contributed by atoms with Crippen LogP contribution in [0.15, 0.2) is 58.4 Å². The average molecular weight is 410 g/mol. The average Bonchev–Trinajstić information content (AvgIpc) is 3.17. The lowest BCUT2D eigenvalue weighted by atomic mass is 9.98. The third kappa shape index (κ3) is 3.47. The number of fused-ring (bicyclic) bond motifs is 2. The van der Waals surface area contributed by atoms with Crippen LogP contribution in [0.2, 0.25) is 0 Å². The Kier molecular flexibility index (Phi) is 5.02. The number of anilines is 1. The van der Waals surface area contributed by atoms with E-state index in [4.69, 9.17) is 4.74 Å². The summed E-state index contributed by atoms with van der Waals surface area (Å²) in [6.45, 7) is 0. The number of aliphatic carboxylic acids is 1. The molecule has 0 unspecified atom stereocenters. The number of methoxy groups -OCH3 is 1. The van der Waals surface area contributed by atoms with Gasteiger partial charge in [0.2, 0.25) is 0 Å². The summed E-state index contributed by atoms with van der Waals surface area (Å²) in [5.41, 5.74) is 1.63. The number of benzene rings is 2. The quantitative estimate of drug-likeness (QED) is 0.683. The van der Waals surface area contributed by atoms with Crippen LogP contribution in [-0.4, -0.2) is 34.6 Å². The van der Waals surface area contributed by atoms with Gasteiger partial charge in [0.05, 0.1) is 12.8 Å². The van der Waals surface area contributed by atoms with E-state index in [2.05, 4.69) is 5.32 Å². The van der Waals surface area contributed by atoms with Crippen LogP contribution in [0.25, 0.3) is 10.8 Å². The van der Waals surface area contributed by atoms with E-state index in [0.29, 0.717) is 22.7 Å². The maximum Gasteiger partial charge on any atom is 0.411 e. The summed E-state index contributed by atoms with van der Waals surface area (Å²) < 4.78 is 5.96. The maximum atomic E-state index is 12.8. The van der Waals surface area contributed by atoms with Crippen molar-refractivity contribution in [3.05, 3.63) is 70.0 Å². The largest absolute Gasteiger partial charge is 0.480 e. The Labute approximate surface area is 170 Å². The van der Waals surface area contributed by atoms with Crippen molar-refractivity contribution < 1.29 is 19.4 Å². The molecule has 2 N–H and O–H groups in total. The summed E-state index contributed by atoms with van der Waals surface area (Å²) in [6.07, 6.45) is -0.271. The lowest BCUT2D eigenvalue weighted by molar-refractivity contribution is -0.140. The molecule has 1 aromatic heterocycles. The van der Waals surface area contributed by atoms with Crippen LogP contribution >= 0.6 is 11.8 Å². The summed E-state index contributed by atoms with van der Waals surface area (Å²) in [4.78, 5) is 36.2. The number of carboxylic acids is 1. The highest BCUT2D eigenvalue weighted by Crippen LogP contribution is 2.39. The number of thioether (sulfide) groups is 1. The first-order chi connectivity index (χ1) is 14.0. The summed E-state index contributed by atoms with van der Waals surface area (Å²) in [7, 11) is 1.25. The first-order valence-corrected chi connectivity index (χ1v) is 9.93. The number of pyridine rings is 1. The van der Waals surface area contributed by atoms with E-state index in [-0.39, 0.29) is 5.75 Å². The molecular weight excluding hydrogens is 392 g/mol. The van der Waals surface area contributed by atoms with Crippen LogP contribution in [-0.2, 0) is 16.0 Å². The Morgan fingerprint density at radius 1 is 1.21 bits per heavy atom. The minimum atomic E-state index is -1.08. The van der Waals surface area contributed by atoms with Crippen molar-refractivity contribution >= 4 is 40.3 Å². The molecule has 0 saturated heterocycles. The van der Waals surface area contributed by atoms with Crippen LogP contribution in [0.3, 0.4) is 0 Å². The molecule has 4 rings (SSSR count). The number of rotatable bonds is 4. The molecule has 8 heteroatoms. The summed E-state index contributed by atoms with van der Waals surface area (Å²) in [5.74, 6) is -0.859. The molecular formula is C21H18N2O5S. The van der Waals surface area contributed by atoms with Gasteiger partial charge in [-0.3, -0.25) is 14.7 Å². The summed E-state index contributed by atoms with van der Waals surface area (Å²) in [5, 5.41) is 14.7. The molecule has 7 nitrogen and oxygen atoms in total. The molecule has 1 atom stereocenters. The van der Waals surface area contributed by atoms with Gasteiger partial charge in [0.25, 0.3) is 5.56 Å². The van der Waals surface area contributed by atoms with E-state index < -0.39 is 23.7 Å². The Morgan fingerprint density at radius 3 is 2.72 bits per heavy atom. The molecule has 0 aliphatic carbocycles. The number of carboxylic acid groups (broad SMARTS) is 1. The minimum absolute atomic E-state index is 0.220. The molecule has 1 amide bonds. The molecule has 0 bridgehead atoms. The lowest BCUT2D eigenvalue weighted by Crippen LogP contribution is -2.30. The van der Waals surface area contributed by atoms with E-state index in [1.54, 1.807) is 0 Å². The van der Waals surface area contributed by atoms with Crippen molar-refractivity contribution in [2.75, 3.05) is 18.2 Å². The zero-order valence-corrected chi connectivity index (χ0v) is 16.4. The molecule has 29 heavy (non-hydrogen) atoms. The van der Waals surface area contributed by atoms with Gasteiger partial charge in [-0.1, -0.05) is 42.5 Å². The second-order valence-electron chi connectivity index (χ2n) is 6.65. The number of hydrogen-bond donors (Lipinski definition) is 2. The van der Waals surface area contributed by atoms with E-state index in [1.165, 1.54) is 29.5 Å². The highest BCUT2D eigenvalue weighted by molar-refractivity contribution is 7.99. The number of nitrogens with zero attached hydrogens (tertiary/aromatic N) is 1. The predicted molar refractivity (Wildman–Crippen MR) is 111 cm³/mol. The van der Waals surface area contributed by atoms with E-state index in [1.807, 2.05) is 42.5 Å². The number of ether oxygens (including phenoxy) is 1. The standard InChI is InChI=1S/C21H18N2O5S/c1-28-21(27)22-18-14(9-13-7-4-6-12-5-2-3-8-15(12)13)10-17(24)23-16(20(25)26)11-29-19(18)23/h2-8,10,16H,9,11H2,1H3,(H,22,27)(H,25,26)/t16-/m0/s1.